The second-order valence-corrected chi connectivity index (χ2v) is 7.47. The zero-order valence-electron chi connectivity index (χ0n) is 18.6. The maximum atomic E-state index is 5.29. The Labute approximate surface area is 172 Å². The van der Waals surface area contributed by atoms with Crippen LogP contribution in [0.25, 0.3) is 0 Å². The van der Waals surface area contributed by atoms with Gasteiger partial charge in [-0.3, -0.25) is 0 Å². The van der Waals surface area contributed by atoms with E-state index in [4.69, 9.17) is 4.74 Å². The molecule has 28 heavy (non-hydrogen) atoms. The van der Waals surface area contributed by atoms with E-state index in [-0.39, 0.29) is 0 Å². The third-order valence-electron chi connectivity index (χ3n) is 5.08. The van der Waals surface area contributed by atoms with Crippen LogP contribution in [0.2, 0.25) is 0 Å². The lowest BCUT2D eigenvalue weighted by Crippen LogP contribution is -2.06. The molecule has 0 radical (unpaired) electrons. The van der Waals surface area contributed by atoms with Crippen molar-refractivity contribution in [3.8, 4) is 0 Å². The summed E-state index contributed by atoms with van der Waals surface area (Å²) >= 11 is 0. The molecule has 0 saturated carbocycles. The van der Waals surface area contributed by atoms with E-state index >= 15 is 0 Å². The largest absolute Gasteiger partial charge is 0.497 e. The molecule has 0 amide bonds. The molecule has 0 fully saturated rings. The van der Waals surface area contributed by atoms with E-state index < -0.39 is 0 Å². The van der Waals surface area contributed by atoms with Crippen molar-refractivity contribution in [3.05, 3.63) is 107 Å². The van der Waals surface area contributed by atoms with Gasteiger partial charge in [-0.15, -0.1) is 0 Å². The van der Waals surface area contributed by atoms with Crippen molar-refractivity contribution in [3.63, 3.8) is 0 Å². The molecule has 1 rings (SSSR count). The third-order valence-corrected chi connectivity index (χ3v) is 5.08. The summed E-state index contributed by atoms with van der Waals surface area (Å²) in [6.07, 6.45) is 16.9. The van der Waals surface area contributed by atoms with Crippen LogP contribution in [-0.2, 0) is 4.74 Å². The summed E-state index contributed by atoms with van der Waals surface area (Å²) < 4.78 is 5.29. The van der Waals surface area contributed by atoms with Crippen molar-refractivity contribution in [2.24, 2.45) is 5.92 Å². The summed E-state index contributed by atoms with van der Waals surface area (Å²) in [4.78, 5) is 0. The van der Waals surface area contributed by atoms with Gasteiger partial charge in [-0.2, -0.15) is 0 Å². The van der Waals surface area contributed by atoms with E-state index in [0.717, 1.165) is 24.0 Å². The van der Waals surface area contributed by atoms with Crippen LogP contribution in [0, 0.1) is 5.92 Å². The average molecular weight is 377 g/mol. The monoisotopic (exact) mass is 376 g/mol. The highest BCUT2D eigenvalue weighted by molar-refractivity contribution is 5.52. The first-order chi connectivity index (χ1) is 13.2. The Kier molecular flexibility index (Phi) is 9.51. The summed E-state index contributed by atoms with van der Waals surface area (Å²) in [6.45, 7) is 23.0. The highest BCUT2D eigenvalue weighted by Gasteiger charge is 2.16. The van der Waals surface area contributed by atoms with Crippen LogP contribution in [0.1, 0.15) is 47.5 Å². The van der Waals surface area contributed by atoms with E-state index in [0.29, 0.717) is 11.7 Å². The predicted octanol–water partition coefficient (Wildman–Crippen LogP) is 7.96. The normalized spacial score (nSPS) is 18.6. The van der Waals surface area contributed by atoms with Crippen molar-refractivity contribution in [2.75, 3.05) is 7.11 Å². The molecule has 0 saturated heterocycles. The molecule has 0 aliphatic heterocycles. The SMILES string of the molecule is C=C(C)\C=C/C(C(/C)=C/C=C(/CC)C(=C)OC)=C(/C)C(=C)C1C=CC=C(C)C1. The molecule has 1 atom stereocenters. The molecule has 1 nitrogen and oxygen atoms in total. The van der Waals surface area contributed by atoms with Crippen molar-refractivity contribution in [1.82, 2.24) is 0 Å². The van der Waals surface area contributed by atoms with Gasteiger partial charge >= 0.3 is 0 Å². The van der Waals surface area contributed by atoms with Crippen molar-refractivity contribution < 1.29 is 4.74 Å². The van der Waals surface area contributed by atoms with Gasteiger partial charge in [-0.1, -0.05) is 80.3 Å². The molecular weight excluding hydrogens is 340 g/mol. The fourth-order valence-electron chi connectivity index (χ4n) is 3.16. The minimum atomic E-state index is 0.348. The molecule has 150 valence electrons. The molecule has 0 bridgehead atoms. The standard InChI is InChI=1S/C27H36O/c1-10-25(24(8)28-9)16-15-21(5)27(17-14-19(2)3)23(7)22(6)26-13-11-12-20(4)18-26/h11-17,26H,2,6,8,10,18H2,1,3-5,7,9H3/b17-14-,21-15+,25-16-,27-23+. The second-order valence-electron chi connectivity index (χ2n) is 7.47. The quantitative estimate of drug-likeness (QED) is 0.293. The first-order valence-electron chi connectivity index (χ1n) is 9.89. The van der Waals surface area contributed by atoms with Gasteiger partial charge in [-0.25, -0.2) is 0 Å². The highest BCUT2D eigenvalue weighted by Crippen LogP contribution is 2.32. The Balaban J connectivity index is 3.34. The molecule has 1 aliphatic rings. The predicted molar refractivity (Wildman–Crippen MR) is 125 cm³/mol. The van der Waals surface area contributed by atoms with Gasteiger partial charge in [0.15, 0.2) is 0 Å². The third kappa shape index (κ3) is 6.88. The summed E-state index contributed by atoms with van der Waals surface area (Å²) in [6, 6.07) is 0. The van der Waals surface area contributed by atoms with Crippen LogP contribution in [0.5, 0.6) is 0 Å². The summed E-state index contributed by atoms with van der Waals surface area (Å²) in [7, 11) is 1.66. The van der Waals surface area contributed by atoms with Crippen LogP contribution >= 0.6 is 0 Å². The fraction of sp³-hybridized carbons (Fsp3) is 0.333. The van der Waals surface area contributed by atoms with Crippen LogP contribution in [0.3, 0.4) is 0 Å². The second kappa shape index (κ2) is 11.3. The fourth-order valence-corrected chi connectivity index (χ4v) is 3.16. The first kappa shape index (κ1) is 23.5. The molecule has 0 N–H and O–H groups in total. The Morgan fingerprint density at radius 3 is 2.36 bits per heavy atom. The van der Waals surface area contributed by atoms with Crippen molar-refractivity contribution >= 4 is 0 Å². The topological polar surface area (TPSA) is 9.23 Å². The summed E-state index contributed by atoms with van der Waals surface area (Å²) in [5.41, 5.74) is 8.25. The number of allylic oxidation sites excluding steroid dienone is 14. The Morgan fingerprint density at radius 2 is 1.82 bits per heavy atom. The van der Waals surface area contributed by atoms with E-state index in [1.165, 1.54) is 27.9 Å². The lowest BCUT2D eigenvalue weighted by molar-refractivity contribution is 0.301. The zero-order valence-corrected chi connectivity index (χ0v) is 18.6. The van der Waals surface area contributed by atoms with Gasteiger partial charge in [0, 0.05) is 5.92 Å². The minimum Gasteiger partial charge on any atom is -0.497 e. The smallest absolute Gasteiger partial charge is 0.114 e. The van der Waals surface area contributed by atoms with Crippen molar-refractivity contribution in [1.29, 1.82) is 0 Å². The molecule has 1 unspecified atom stereocenters. The molecule has 0 spiro atoms. The number of hydrogen-bond donors (Lipinski definition) is 0. The molecule has 0 aromatic heterocycles. The Bertz CT molecular complexity index is 803. The van der Waals surface area contributed by atoms with Gasteiger partial charge in [0.1, 0.15) is 5.76 Å². The number of hydrogen-bond acceptors (Lipinski definition) is 1. The number of rotatable bonds is 9. The van der Waals surface area contributed by atoms with E-state index in [1.807, 2.05) is 6.92 Å². The molecule has 1 aliphatic carbocycles. The van der Waals surface area contributed by atoms with E-state index in [1.54, 1.807) is 7.11 Å². The maximum Gasteiger partial charge on any atom is 0.114 e. The number of methoxy groups -OCH3 is 1. The molecule has 0 aromatic rings. The van der Waals surface area contributed by atoms with Crippen LogP contribution in [0.4, 0.5) is 0 Å². The zero-order chi connectivity index (χ0) is 21.3. The Hall–Kier alpha value is -2.54. The number of ether oxygens (including phenoxy) is 1. The van der Waals surface area contributed by atoms with Gasteiger partial charge in [-0.05, 0) is 68.4 Å². The summed E-state index contributed by atoms with van der Waals surface area (Å²) in [5.74, 6) is 1.06. The van der Waals surface area contributed by atoms with E-state index in [2.05, 4.69) is 90.0 Å². The first-order valence-corrected chi connectivity index (χ1v) is 9.89. The average Bonchev–Trinajstić information content (AvgIpc) is 2.67. The molecule has 1 heteroatoms. The van der Waals surface area contributed by atoms with Gasteiger partial charge < -0.3 is 4.74 Å². The maximum absolute atomic E-state index is 5.29. The van der Waals surface area contributed by atoms with Crippen molar-refractivity contribution in [2.45, 2.75) is 47.5 Å². The van der Waals surface area contributed by atoms with Gasteiger partial charge in [0.25, 0.3) is 0 Å². The van der Waals surface area contributed by atoms with Gasteiger partial charge in [0.05, 0.1) is 7.11 Å². The minimum absolute atomic E-state index is 0.348. The summed E-state index contributed by atoms with van der Waals surface area (Å²) in [5, 5.41) is 0. The van der Waals surface area contributed by atoms with Crippen LogP contribution in [0.15, 0.2) is 107 Å². The molecule has 0 aromatic carbocycles. The molecule has 0 heterocycles. The van der Waals surface area contributed by atoms with Crippen LogP contribution < -0.4 is 0 Å². The lowest BCUT2D eigenvalue weighted by atomic mass is 9.83. The highest BCUT2D eigenvalue weighted by atomic mass is 16.5. The van der Waals surface area contributed by atoms with E-state index in [9.17, 15) is 0 Å². The van der Waals surface area contributed by atoms with Gasteiger partial charge in [0.2, 0.25) is 0 Å². The molecular formula is C27H36O. The Morgan fingerprint density at radius 1 is 1.14 bits per heavy atom. The van der Waals surface area contributed by atoms with Crippen LogP contribution in [-0.4, -0.2) is 7.11 Å². The lowest BCUT2D eigenvalue weighted by Gasteiger charge is -2.22.